The summed E-state index contributed by atoms with van der Waals surface area (Å²) in [6.45, 7) is -0.365. The lowest BCUT2D eigenvalue weighted by Gasteiger charge is -2.13. The van der Waals surface area contributed by atoms with Gasteiger partial charge < -0.3 is 5.32 Å². The second-order valence-electron chi connectivity index (χ2n) is 6.18. The zero-order valence-electron chi connectivity index (χ0n) is 15.2. The molecular weight excluding hydrogens is 443 g/mol. The van der Waals surface area contributed by atoms with E-state index in [1.807, 2.05) is 0 Å². The van der Waals surface area contributed by atoms with Crippen LogP contribution in [0, 0.1) is 0 Å². The zero-order valence-corrected chi connectivity index (χ0v) is 16.8. The molecule has 0 aliphatic carbocycles. The highest BCUT2D eigenvalue weighted by Crippen LogP contribution is 2.34. The van der Waals surface area contributed by atoms with Crippen LogP contribution in [-0.2, 0) is 16.0 Å². The third-order valence-electron chi connectivity index (χ3n) is 4.09. The summed E-state index contributed by atoms with van der Waals surface area (Å²) >= 11 is 5.83. The third-order valence-corrected chi connectivity index (χ3v) is 6.06. The average molecular weight is 458 g/mol. The summed E-state index contributed by atoms with van der Waals surface area (Å²) in [5, 5.41) is 6.10. The first-order valence-electron chi connectivity index (χ1n) is 8.57. The minimum Gasteiger partial charge on any atom is -0.351 e. The second kappa shape index (κ2) is 8.49. The monoisotopic (exact) mass is 457 g/mol. The van der Waals surface area contributed by atoms with E-state index in [4.69, 9.17) is 11.6 Å². The van der Waals surface area contributed by atoms with E-state index in [0.717, 1.165) is 6.20 Å². The maximum atomic E-state index is 13.7. The van der Waals surface area contributed by atoms with E-state index in [9.17, 15) is 26.4 Å². The average Bonchev–Trinajstić information content (AvgIpc) is 3.14. The Hall–Kier alpha value is -2.85. The number of amides is 1. The summed E-state index contributed by atoms with van der Waals surface area (Å²) in [6.07, 6.45) is -4.10. The number of halogens is 4. The summed E-state index contributed by atoms with van der Waals surface area (Å²) in [5.41, 5.74) is -1.98. The smallest absolute Gasteiger partial charge is 0.351 e. The highest BCUT2D eigenvalue weighted by atomic mass is 35.5. The van der Waals surface area contributed by atoms with Gasteiger partial charge in [-0.2, -0.15) is 18.3 Å². The fourth-order valence-corrected chi connectivity index (χ4v) is 4.09. The quantitative estimate of drug-likeness (QED) is 0.611. The van der Waals surface area contributed by atoms with Gasteiger partial charge in [0.2, 0.25) is 0 Å². The Kier molecular flexibility index (Phi) is 6.18. The minimum absolute atomic E-state index is 0.0283. The van der Waals surface area contributed by atoms with Gasteiger partial charge in [0.25, 0.3) is 5.91 Å². The molecule has 0 aliphatic heterocycles. The number of sulfone groups is 1. The molecule has 0 saturated heterocycles. The van der Waals surface area contributed by atoms with E-state index in [1.54, 1.807) is 18.2 Å². The Morgan fingerprint density at radius 3 is 2.43 bits per heavy atom. The van der Waals surface area contributed by atoms with Gasteiger partial charge >= 0.3 is 6.18 Å². The van der Waals surface area contributed by atoms with Crippen molar-refractivity contribution in [3.8, 4) is 5.69 Å². The van der Waals surface area contributed by atoms with Gasteiger partial charge in [0.1, 0.15) is 0 Å². The highest BCUT2D eigenvalue weighted by Gasteiger charge is 2.40. The maximum Gasteiger partial charge on any atom is 0.434 e. The second-order valence-corrected chi connectivity index (χ2v) is 8.73. The number of carbonyl (C=O) groups is 1. The number of aromatic nitrogens is 2. The van der Waals surface area contributed by atoms with Crippen LogP contribution in [0.3, 0.4) is 0 Å². The van der Waals surface area contributed by atoms with Crippen LogP contribution in [0.1, 0.15) is 16.1 Å². The van der Waals surface area contributed by atoms with Crippen LogP contribution in [0.15, 0.2) is 65.7 Å². The van der Waals surface area contributed by atoms with Gasteiger partial charge in [0.15, 0.2) is 15.5 Å². The lowest BCUT2D eigenvalue weighted by Crippen LogP contribution is -2.30. The molecule has 0 bridgehead atoms. The van der Waals surface area contributed by atoms with Crippen LogP contribution in [0.25, 0.3) is 5.69 Å². The largest absolute Gasteiger partial charge is 0.434 e. The molecule has 3 rings (SSSR count). The number of nitrogens with one attached hydrogen (secondary N) is 1. The number of nitrogens with zero attached hydrogens (tertiary/aromatic N) is 2. The molecule has 0 atom stereocenters. The molecule has 0 fully saturated rings. The molecule has 11 heteroatoms. The molecule has 0 spiro atoms. The topological polar surface area (TPSA) is 81.1 Å². The molecule has 0 unspecified atom stereocenters. The van der Waals surface area contributed by atoms with Crippen LogP contribution < -0.4 is 5.32 Å². The normalized spacial score (nSPS) is 12.0. The van der Waals surface area contributed by atoms with E-state index >= 15 is 0 Å². The Morgan fingerprint density at radius 1 is 1.10 bits per heavy atom. The fourth-order valence-electron chi connectivity index (χ4n) is 2.73. The van der Waals surface area contributed by atoms with Crippen molar-refractivity contribution in [2.75, 3.05) is 12.3 Å². The van der Waals surface area contributed by atoms with Crippen molar-refractivity contribution < 1.29 is 26.4 Å². The number of carbonyl (C=O) groups excluding carboxylic acids is 1. The van der Waals surface area contributed by atoms with E-state index in [0.29, 0.717) is 4.68 Å². The Morgan fingerprint density at radius 2 is 1.80 bits per heavy atom. The van der Waals surface area contributed by atoms with E-state index in [-0.39, 0.29) is 22.2 Å². The Labute approximate surface area is 175 Å². The highest BCUT2D eigenvalue weighted by molar-refractivity contribution is 7.91. The molecule has 0 aliphatic rings. The number of alkyl halides is 3. The first-order chi connectivity index (χ1) is 14.1. The Balaban J connectivity index is 1.81. The van der Waals surface area contributed by atoms with Crippen molar-refractivity contribution >= 4 is 27.3 Å². The maximum absolute atomic E-state index is 13.7. The van der Waals surface area contributed by atoms with E-state index < -0.39 is 38.9 Å². The third kappa shape index (κ3) is 4.82. The minimum atomic E-state index is -4.89. The molecule has 1 amide bonds. The van der Waals surface area contributed by atoms with Crippen molar-refractivity contribution in [3.63, 3.8) is 0 Å². The molecule has 3 aromatic rings. The van der Waals surface area contributed by atoms with E-state index in [2.05, 4.69) is 10.4 Å². The molecule has 158 valence electrons. The van der Waals surface area contributed by atoms with Crippen LogP contribution >= 0.6 is 11.6 Å². The van der Waals surface area contributed by atoms with E-state index in [1.165, 1.54) is 36.4 Å². The van der Waals surface area contributed by atoms with Gasteiger partial charge in [0, 0.05) is 11.6 Å². The fraction of sp³-hybridized carbons (Fsp3) is 0.158. The van der Waals surface area contributed by atoms with Gasteiger partial charge in [-0.15, -0.1) is 0 Å². The molecule has 1 N–H and O–H groups in total. The van der Waals surface area contributed by atoms with Crippen LogP contribution in [0.2, 0.25) is 5.02 Å². The van der Waals surface area contributed by atoms with Crippen LogP contribution in [0.4, 0.5) is 13.2 Å². The summed E-state index contributed by atoms with van der Waals surface area (Å²) in [5.74, 6) is -1.55. The predicted octanol–water partition coefficient (Wildman–Crippen LogP) is 3.75. The lowest BCUT2D eigenvalue weighted by molar-refractivity contribution is -0.143. The molecule has 1 heterocycles. The standard InChI is InChI=1S/C19H15ClF3N3O3S/c20-13-5-4-6-14(11-13)26-17(19(21,22)23)16(12-25-26)18(27)24-9-10-30(28,29)15-7-2-1-3-8-15/h1-8,11-12H,9-10H2,(H,24,27). The van der Waals surface area contributed by atoms with Gasteiger partial charge in [-0.1, -0.05) is 35.9 Å². The summed E-state index contributed by atoms with van der Waals surface area (Å²) in [4.78, 5) is 12.4. The van der Waals surface area contributed by atoms with Crippen molar-refractivity contribution in [2.45, 2.75) is 11.1 Å². The predicted molar refractivity (Wildman–Crippen MR) is 104 cm³/mol. The molecule has 30 heavy (non-hydrogen) atoms. The van der Waals surface area contributed by atoms with Gasteiger partial charge in [-0.25, -0.2) is 13.1 Å². The van der Waals surface area contributed by atoms with Crippen molar-refractivity contribution in [1.82, 2.24) is 15.1 Å². The van der Waals surface area contributed by atoms with Gasteiger partial charge in [0.05, 0.1) is 28.1 Å². The van der Waals surface area contributed by atoms with Crippen molar-refractivity contribution in [2.24, 2.45) is 0 Å². The SMILES string of the molecule is O=C(NCCS(=O)(=O)c1ccccc1)c1cnn(-c2cccc(Cl)c2)c1C(F)(F)F. The molecule has 0 radical (unpaired) electrons. The van der Waals surface area contributed by atoms with Gasteiger partial charge in [-0.05, 0) is 30.3 Å². The number of rotatable bonds is 6. The molecule has 1 aromatic heterocycles. The lowest BCUT2D eigenvalue weighted by atomic mass is 10.2. The van der Waals surface area contributed by atoms with Gasteiger partial charge in [-0.3, -0.25) is 4.79 Å². The first kappa shape index (κ1) is 21.8. The summed E-state index contributed by atoms with van der Waals surface area (Å²) < 4.78 is 66.0. The summed E-state index contributed by atoms with van der Waals surface area (Å²) in [7, 11) is -3.69. The van der Waals surface area contributed by atoms with Crippen LogP contribution in [-0.4, -0.2) is 36.4 Å². The van der Waals surface area contributed by atoms with Crippen molar-refractivity contribution in [1.29, 1.82) is 0 Å². The number of hydrogen-bond acceptors (Lipinski definition) is 4. The Bertz CT molecular complexity index is 1160. The molecule has 2 aromatic carbocycles. The van der Waals surface area contributed by atoms with Crippen molar-refractivity contribution in [3.05, 3.63) is 77.1 Å². The van der Waals surface area contributed by atoms with Crippen LogP contribution in [0.5, 0.6) is 0 Å². The molecule has 0 saturated carbocycles. The zero-order chi connectivity index (χ0) is 21.9. The number of benzene rings is 2. The first-order valence-corrected chi connectivity index (χ1v) is 10.6. The molecule has 6 nitrogen and oxygen atoms in total. The number of hydrogen-bond donors (Lipinski definition) is 1. The molecular formula is C19H15ClF3N3O3S. The summed E-state index contributed by atoms with van der Waals surface area (Å²) in [6, 6.07) is 13.1.